The molecule has 3 rings (SSSR count). The van der Waals surface area contributed by atoms with Crippen LogP contribution < -0.4 is 10.9 Å². The first-order valence-electron chi connectivity index (χ1n) is 8.92. The maximum absolute atomic E-state index is 13.0. The lowest BCUT2D eigenvalue weighted by Gasteiger charge is -2.25. The second-order valence-electron chi connectivity index (χ2n) is 6.76. The number of nitrogens with one attached hydrogen (secondary N) is 1. The quantitative estimate of drug-likeness (QED) is 0.805. The topological polar surface area (TPSA) is 42.2 Å². The molecular weight excluding hydrogens is 332 g/mol. The van der Waals surface area contributed by atoms with Crippen molar-refractivity contribution in [3.8, 4) is 5.69 Å². The molecule has 1 fully saturated rings. The van der Waals surface area contributed by atoms with Crippen molar-refractivity contribution in [2.45, 2.75) is 33.1 Å². The van der Waals surface area contributed by atoms with Gasteiger partial charge in [-0.15, -0.1) is 0 Å². The van der Waals surface area contributed by atoms with Gasteiger partial charge < -0.3 is 10.2 Å². The van der Waals surface area contributed by atoms with Crippen LogP contribution in [-0.2, 0) is 7.05 Å². The van der Waals surface area contributed by atoms with Crippen molar-refractivity contribution < 1.29 is 0 Å². The van der Waals surface area contributed by atoms with Crippen LogP contribution in [0.25, 0.3) is 5.69 Å². The van der Waals surface area contributed by atoms with Crippen molar-refractivity contribution in [1.82, 2.24) is 14.3 Å². The Bertz CT molecular complexity index is 805. The van der Waals surface area contributed by atoms with E-state index in [0.717, 1.165) is 36.8 Å². The van der Waals surface area contributed by atoms with Gasteiger partial charge in [0.2, 0.25) is 0 Å². The zero-order valence-electron chi connectivity index (χ0n) is 15.2. The molecule has 1 aromatic carbocycles. The monoisotopic (exact) mass is 358 g/mol. The Morgan fingerprint density at radius 1 is 1.32 bits per heavy atom. The fourth-order valence-electron chi connectivity index (χ4n) is 3.06. The van der Waals surface area contributed by atoms with Gasteiger partial charge in [0.15, 0.2) is 5.11 Å². The summed E-state index contributed by atoms with van der Waals surface area (Å²) in [6.45, 7) is 6.00. The average Bonchev–Trinajstić information content (AvgIpc) is 3.40. The third-order valence-electron chi connectivity index (χ3n) is 4.74. The Labute approximate surface area is 154 Å². The molecule has 0 unspecified atom stereocenters. The number of nitrogens with zero attached hydrogens (tertiary/aromatic N) is 3. The number of anilines is 1. The van der Waals surface area contributed by atoms with Gasteiger partial charge in [0.05, 0.1) is 11.4 Å². The summed E-state index contributed by atoms with van der Waals surface area (Å²) in [7, 11) is 1.89. The second kappa shape index (κ2) is 7.44. The van der Waals surface area contributed by atoms with Crippen LogP contribution in [0.2, 0.25) is 0 Å². The molecule has 1 aliphatic carbocycles. The van der Waals surface area contributed by atoms with E-state index in [0.29, 0.717) is 10.8 Å². The van der Waals surface area contributed by atoms with E-state index in [1.54, 1.807) is 4.68 Å². The molecule has 1 N–H and O–H groups in total. The predicted molar refractivity (Wildman–Crippen MR) is 107 cm³/mol. The predicted octanol–water partition coefficient (Wildman–Crippen LogP) is 3.30. The smallest absolute Gasteiger partial charge is 0.295 e. The van der Waals surface area contributed by atoms with Gasteiger partial charge in [-0.25, -0.2) is 4.68 Å². The summed E-state index contributed by atoms with van der Waals surface area (Å²) in [5.41, 5.74) is 2.21. The van der Waals surface area contributed by atoms with E-state index < -0.39 is 0 Å². The minimum absolute atomic E-state index is 0.0728. The number of hydrogen-bond acceptors (Lipinski definition) is 2. The van der Waals surface area contributed by atoms with Crippen molar-refractivity contribution in [3.63, 3.8) is 0 Å². The van der Waals surface area contributed by atoms with Gasteiger partial charge in [0, 0.05) is 20.1 Å². The highest BCUT2D eigenvalue weighted by molar-refractivity contribution is 7.80. The first-order valence-corrected chi connectivity index (χ1v) is 9.33. The van der Waals surface area contributed by atoms with E-state index >= 15 is 0 Å². The van der Waals surface area contributed by atoms with Crippen molar-refractivity contribution in [3.05, 3.63) is 46.4 Å². The van der Waals surface area contributed by atoms with Gasteiger partial charge in [0.1, 0.15) is 5.69 Å². The van der Waals surface area contributed by atoms with Crippen LogP contribution >= 0.6 is 12.2 Å². The van der Waals surface area contributed by atoms with Crippen molar-refractivity contribution in [2.75, 3.05) is 18.4 Å². The van der Waals surface area contributed by atoms with E-state index in [2.05, 4.69) is 17.1 Å². The molecule has 0 bridgehead atoms. The fourth-order valence-corrected chi connectivity index (χ4v) is 3.32. The van der Waals surface area contributed by atoms with Crippen LogP contribution in [0.1, 0.15) is 31.9 Å². The van der Waals surface area contributed by atoms with Crippen LogP contribution in [-0.4, -0.2) is 32.5 Å². The van der Waals surface area contributed by atoms with Crippen LogP contribution in [0, 0.1) is 12.8 Å². The van der Waals surface area contributed by atoms with E-state index in [9.17, 15) is 4.79 Å². The first kappa shape index (κ1) is 17.7. The maximum atomic E-state index is 13.0. The zero-order valence-corrected chi connectivity index (χ0v) is 16.0. The first-order chi connectivity index (χ1) is 12.0. The number of para-hydroxylation sites is 1. The molecule has 1 heterocycles. The van der Waals surface area contributed by atoms with Gasteiger partial charge in [-0.2, -0.15) is 0 Å². The number of hydrogen-bond donors (Lipinski definition) is 1. The van der Waals surface area contributed by atoms with E-state index in [1.165, 1.54) is 12.8 Å². The van der Waals surface area contributed by atoms with Crippen LogP contribution in [0.5, 0.6) is 0 Å². The molecule has 0 atom stereocenters. The summed E-state index contributed by atoms with van der Waals surface area (Å²) < 4.78 is 3.54. The maximum Gasteiger partial charge on any atom is 0.295 e. The number of benzene rings is 1. The van der Waals surface area contributed by atoms with Crippen LogP contribution in [0.3, 0.4) is 0 Å². The van der Waals surface area contributed by atoms with Gasteiger partial charge >= 0.3 is 0 Å². The van der Waals surface area contributed by atoms with Gasteiger partial charge in [-0.05, 0) is 56.5 Å². The highest BCUT2D eigenvalue weighted by Gasteiger charge is 2.26. The molecule has 25 heavy (non-hydrogen) atoms. The second-order valence-corrected chi connectivity index (χ2v) is 7.14. The third-order valence-corrected chi connectivity index (χ3v) is 5.10. The molecule has 0 aliphatic heterocycles. The molecular formula is C19H26N4OS. The van der Waals surface area contributed by atoms with Crippen molar-refractivity contribution in [2.24, 2.45) is 13.0 Å². The van der Waals surface area contributed by atoms with Gasteiger partial charge in [-0.1, -0.05) is 25.1 Å². The molecule has 0 spiro atoms. The minimum Gasteiger partial charge on any atom is -0.349 e. The van der Waals surface area contributed by atoms with Crippen LogP contribution in [0.15, 0.2) is 35.1 Å². The Kier molecular flexibility index (Phi) is 5.27. The minimum atomic E-state index is -0.0728. The number of aromatic nitrogens is 2. The summed E-state index contributed by atoms with van der Waals surface area (Å²) in [6.07, 6.45) is 3.61. The lowest BCUT2D eigenvalue weighted by molar-refractivity contribution is 0.404. The van der Waals surface area contributed by atoms with Crippen molar-refractivity contribution in [1.29, 1.82) is 0 Å². The molecule has 6 heteroatoms. The highest BCUT2D eigenvalue weighted by Crippen LogP contribution is 2.30. The number of rotatable bonds is 6. The Hall–Kier alpha value is -2.08. The third kappa shape index (κ3) is 3.79. The molecule has 0 saturated heterocycles. The molecule has 1 aliphatic rings. The highest BCUT2D eigenvalue weighted by atomic mass is 32.1. The summed E-state index contributed by atoms with van der Waals surface area (Å²) in [4.78, 5) is 15.2. The average molecular weight is 359 g/mol. The Morgan fingerprint density at radius 2 is 2.00 bits per heavy atom. The Balaban J connectivity index is 1.87. The molecule has 1 saturated carbocycles. The normalized spacial score (nSPS) is 13.7. The van der Waals surface area contributed by atoms with E-state index in [4.69, 9.17) is 12.2 Å². The zero-order chi connectivity index (χ0) is 18.0. The molecule has 134 valence electrons. The summed E-state index contributed by atoms with van der Waals surface area (Å²) in [6, 6.07) is 9.67. The van der Waals surface area contributed by atoms with E-state index in [-0.39, 0.29) is 5.56 Å². The lowest BCUT2D eigenvalue weighted by Crippen LogP contribution is -2.38. The SMILES string of the molecule is CCCN(CC1CC1)C(=S)Nc1c(C)n(C)n(-c2ccccc2)c1=O. The summed E-state index contributed by atoms with van der Waals surface area (Å²) >= 11 is 5.62. The lowest BCUT2D eigenvalue weighted by atomic mass is 10.3. The van der Waals surface area contributed by atoms with Crippen LogP contribution in [0.4, 0.5) is 5.69 Å². The van der Waals surface area contributed by atoms with Gasteiger partial charge in [-0.3, -0.25) is 9.48 Å². The number of thiocarbonyl (C=S) groups is 1. The van der Waals surface area contributed by atoms with Crippen molar-refractivity contribution >= 4 is 23.0 Å². The van der Waals surface area contributed by atoms with Gasteiger partial charge in [0.25, 0.3) is 5.56 Å². The van der Waals surface area contributed by atoms with E-state index in [1.807, 2.05) is 49.0 Å². The fraction of sp³-hybridized carbons (Fsp3) is 0.474. The molecule has 1 aromatic heterocycles. The molecule has 2 aromatic rings. The summed E-state index contributed by atoms with van der Waals surface area (Å²) in [5, 5.41) is 3.88. The molecule has 0 amide bonds. The largest absolute Gasteiger partial charge is 0.349 e. The summed E-state index contributed by atoms with van der Waals surface area (Å²) in [5.74, 6) is 0.754. The standard InChI is InChI=1S/C19H26N4OS/c1-4-12-22(13-15-10-11-15)19(25)20-17-14(2)21(3)23(18(17)24)16-8-6-5-7-9-16/h5-9,15H,4,10-13H2,1-3H3,(H,20,25). The molecule has 0 radical (unpaired) electrons. The Morgan fingerprint density at radius 3 is 2.60 bits per heavy atom. The molecule has 5 nitrogen and oxygen atoms in total.